The maximum absolute atomic E-state index is 13.0. The van der Waals surface area contributed by atoms with Crippen LogP contribution in [0.5, 0.6) is 0 Å². The summed E-state index contributed by atoms with van der Waals surface area (Å²) in [7, 11) is 0. The van der Waals surface area contributed by atoms with Gasteiger partial charge in [0.15, 0.2) is 5.78 Å². The molecule has 6 heteroatoms. The molecule has 1 saturated heterocycles. The monoisotopic (exact) mass is 467 g/mol. The highest BCUT2D eigenvalue weighted by molar-refractivity contribution is 6.03. The second-order valence-electron chi connectivity index (χ2n) is 9.62. The number of nitrogens with zero attached hydrogens (tertiary/aromatic N) is 1. The van der Waals surface area contributed by atoms with E-state index in [1.807, 2.05) is 6.92 Å². The van der Waals surface area contributed by atoms with Crippen LogP contribution in [0.4, 0.5) is 0 Å². The summed E-state index contributed by atoms with van der Waals surface area (Å²) in [6.07, 6.45) is 12.6. The van der Waals surface area contributed by atoms with E-state index >= 15 is 0 Å². The first-order valence-corrected chi connectivity index (χ1v) is 13.5. The van der Waals surface area contributed by atoms with Gasteiger partial charge in [0.05, 0.1) is 32.3 Å². The van der Waals surface area contributed by atoms with Crippen LogP contribution in [0.1, 0.15) is 105 Å². The van der Waals surface area contributed by atoms with Crippen molar-refractivity contribution in [3.8, 4) is 0 Å². The number of likely N-dealkylation sites (tertiary alicyclic amines) is 1. The van der Waals surface area contributed by atoms with Gasteiger partial charge < -0.3 is 9.47 Å². The molecule has 1 rings (SSSR count). The van der Waals surface area contributed by atoms with Gasteiger partial charge in [0.25, 0.3) is 0 Å². The number of carbonyl (C=O) groups is 3. The zero-order valence-corrected chi connectivity index (χ0v) is 21.7. The van der Waals surface area contributed by atoms with Crippen LogP contribution in [0.2, 0.25) is 0 Å². The molecule has 0 saturated carbocycles. The lowest BCUT2D eigenvalue weighted by Crippen LogP contribution is -2.35. The summed E-state index contributed by atoms with van der Waals surface area (Å²) in [4.78, 5) is 38.9. The van der Waals surface area contributed by atoms with Gasteiger partial charge in [-0.2, -0.15) is 0 Å². The Labute approximate surface area is 202 Å². The van der Waals surface area contributed by atoms with Crippen LogP contribution < -0.4 is 0 Å². The van der Waals surface area contributed by atoms with Crippen molar-refractivity contribution in [2.45, 2.75) is 105 Å². The van der Waals surface area contributed by atoms with Crippen LogP contribution in [-0.4, -0.2) is 55.5 Å². The Balaban J connectivity index is 2.36. The Kier molecular flexibility index (Phi) is 16.3. The quantitative estimate of drug-likeness (QED) is 0.163. The minimum Gasteiger partial charge on any atom is -0.377 e. The lowest BCUT2D eigenvalue weighted by atomic mass is 9.82. The van der Waals surface area contributed by atoms with E-state index in [2.05, 4.69) is 20.8 Å². The van der Waals surface area contributed by atoms with E-state index in [0.29, 0.717) is 38.7 Å². The van der Waals surface area contributed by atoms with Crippen LogP contribution in [0.3, 0.4) is 0 Å². The first kappa shape index (κ1) is 29.8. The maximum atomic E-state index is 13.0. The molecule has 0 spiro atoms. The number of ether oxygens (including phenoxy) is 2. The first-order valence-electron chi connectivity index (χ1n) is 13.5. The zero-order valence-electron chi connectivity index (χ0n) is 21.7. The third kappa shape index (κ3) is 11.6. The molecule has 1 fully saturated rings. The van der Waals surface area contributed by atoms with Crippen molar-refractivity contribution in [1.82, 2.24) is 4.90 Å². The van der Waals surface area contributed by atoms with Gasteiger partial charge in [0, 0.05) is 12.3 Å². The highest BCUT2D eigenvalue weighted by Crippen LogP contribution is 2.33. The SMILES string of the molecule is CCCCCCC(CCCCC)C1CC(=O)N(CCOCCOCC(=O)C(C)CCC)C1=O. The van der Waals surface area contributed by atoms with Crippen LogP contribution in [0.25, 0.3) is 0 Å². The molecule has 0 aliphatic carbocycles. The molecule has 1 aliphatic heterocycles. The summed E-state index contributed by atoms with van der Waals surface area (Å²) >= 11 is 0. The summed E-state index contributed by atoms with van der Waals surface area (Å²) in [5.41, 5.74) is 0. The Hall–Kier alpha value is -1.27. The number of rotatable bonds is 21. The van der Waals surface area contributed by atoms with Gasteiger partial charge in [-0.3, -0.25) is 19.3 Å². The molecule has 0 N–H and O–H groups in total. The summed E-state index contributed by atoms with van der Waals surface area (Å²) < 4.78 is 11.0. The number of unbranched alkanes of at least 4 members (excludes halogenated alkanes) is 5. The lowest BCUT2D eigenvalue weighted by molar-refractivity contribution is -0.141. The molecular weight excluding hydrogens is 418 g/mol. The van der Waals surface area contributed by atoms with Crippen molar-refractivity contribution in [3.63, 3.8) is 0 Å². The van der Waals surface area contributed by atoms with Crippen molar-refractivity contribution in [3.05, 3.63) is 0 Å². The maximum Gasteiger partial charge on any atom is 0.233 e. The van der Waals surface area contributed by atoms with E-state index in [1.54, 1.807) is 0 Å². The van der Waals surface area contributed by atoms with Gasteiger partial charge in [0.2, 0.25) is 11.8 Å². The van der Waals surface area contributed by atoms with Crippen LogP contribution in [0, 0.1) is 17.8 Å². The standard InChI is InChI=1S/C27H49NO5/c1-5-8-10-12-15-23(14-11-9-6-2)24-20-26(30)28(27(24)31)16-17-32-18-19-33-21-25(29)22(4)13-7-3/h22-24H,5-21H2,1-4H3. The molecule has 2 amide bonds. The zero-order chi connectivity index (χ0) is 24.5. The van der Waals surface area contributed by atoms with Gasteiger partial charge in [-0.1, -0.05) is 79.1 Å². The summed E-state index contributed by atoms with van der Waals surface area (Å²) in [5, 5.41) is 0. The van der Waals surface area contributed by atoms with Crippen LogP contribution in [0.15, 0.2) is 0 Å². The van der Waals surface area contributed by atoms with Crippen molar-refractivity contribution in [2.75, 3.05) is 33.0 Å². The third-order valence-corrected chi connectivity index (χ3v) is 6.80. The highest BCUT2D eigenvalue weighted by atomic mass is 16.5. The largest absolute Gasteiger partial charge is 0.377 e. The number of ketones is 1. The number of hydrogen-bond donors (Lipinski definition) is 0. The molecule has 0 bridgehead atoms. The fraction of sp³-hybridized carbons (Fsp3) is 0.889. The van der Waals surface area contributed by atoms with E-state index in [-0.39, 0.29) is 36.0 Å². The fourth-order valence-electron chi connectivity index (χ4n) is 4.63. The summed E-state index contributed by atoms with van der Waals surface area (Å²) in [6.45, 7) is 9.82. The number of imide groups is 1. The van der Waals surface area contributed by atoms with Crippen LogP contribution in [-0.2, 0) is 23.9 Å². The molecule has 3 unspecified atom stereocenters. The van der Waals surface area contributed by atoms with E-state index < -0.39 is 0 Å². The van der Waals surface area contributed by atoms with Gasteiger partial charge in [0.1, 0.15) is 6.61 Å². The fourth-order valence-corrected chi connectivity index (χ4v) is 4.63. The first-order chi connectivity index (χ1) is 16.0. The smallest absolute Gasteiger partial charge is 0.233 e. The van der Waals surface area contributed by atoms with Gasteiger partial charge in [-0.25, -0.2) is 0 Å². The van der Waals surface area contributed by atoms with E-state index in [9.17, 15) is 14.4 Å². The summed E-state index contributed by atoms with van der Waals surface area (Å²) in [6, 6.07) is 0. The van der Waals surface area contributed by atoms with E-state index in [0.717, 1.165) is 38.5 Å². The molecule has 3 atom stereocenters. The summed E-state index contributed by atoms with van der Waals surface area (Å²) in [5.74, 6) is 0.252. The van der Waals surface area contributed by atoms with Gasteiger partial charge in [-0.15, -0.1) is 0 Å². The van der Waals surface area contributed by atoms with E-state index in [4.69, 9.17) is 9.47 Å². The number of carbonyl (C=O) groups excluding carboxylic acids is 3. The van der Waals surface area contributed by atoms with Gasteiger partial charge >= 0.3 is 0 Å². The Morgan fingerprint density at radius 3 is 2.18 bits per heavy atom. The second kappa shape index (κ2) is 18.1. The molecule has 33 heavy (non-hydrogen) atoms. The second-order valence-corrected chi connectivity index (χ2v) is 9.62. The van der Waals surface area contributed by atoms with Crippen molar-refractivity contribution >= 4 is 17.6 Å². The minimum atomic E-state index is -0.157. The van der Waals surface area contributed by atoms with Crippen molar-refractivity contribution in [2.24, 2.45) is 17.8 Å². The predicted octanol–water partition coefficient (Wildman–Crippen LogP) is 5.57. The topological polar surface area (TPSA) is 72.9 Å². The normalized spacial score (nSPS) is 18.2. The molecule has 0 aromatic rings. The molecule has 1 aliphatic rings. The van der Waals surface area contributed by atoms with Gasteiger partial charge in [-0.05, 0) is 25.2 Å². The van der Waals surface area contributed by atoms with Crippen LogP contribution >= 0.6 is 0 Å². The van der Waals surface area contributed by atoms with E-state index in [1.165, 1.54) is 37.0 Å². The number of Topliss-reactive ketones (excluding diaryl/α,β-unsaturated/α-hetero) is 1. The average Bonchev–Trinajstić information content (AvgIpc) is 3.08. The molecular formula is C27H49NO5. The number of amides is 2. The molecule has 0 aromatic heterocycles. The van der Waals surface area contributed by atoms with Crippen molar-refractivity contribution < 1.29 is 23.9 Å². The van der Waals surface area contributed by atoms with Crippen molar-refractivity contribution in [1.29, 1.82) is 0 Å². The third-order valence-electron chi connectivity index (χ3n) is 6.80. The average molecular weight is 468 g/mol. The molecule has 192 valence electrons. The minimum absolute atomic E-state index is 0.00708. The predicted molar refractivity (Wildman–Crippen MR) is 132 cm³/mol. The molecule has 1 heterocycles. The Morgan fingerprint density at radius 1 is 0.879 bits per heavy atom. The Bertz CT molecular complexity index is 565. The highest BCUT2D eigenvalue weighted by Gasteiger charge is 2.41. The molecule has 0 aromatic carbocycles. The number of hydrogen-bond acceptors (Lipinski definition) is 5. The Morgan fingerprint density at radius 2 is 1.52 bits per heavy atom. The lowest BCUT2D eigenvalue weighted by Gasteiger charge is -2.22. The molecule has 0 radical (unpaired) electrons. The molecule has 6 nitrogen and oxygen atoms in total.